The van der Waals surface area contributed by atoms with E-state index >= 15 is 0 Å². The summed E-state index contributed by atoms with van der Waals surface area (Å²) in [5.41, 5.74) is 7.38. The number of nitrogens with two attached hydrogens (primary N) is 1. The molecule has 2 rings (SSSR count). The highest BCUT2D eigenvalue weighted by molar-refractivity contribution is 5.30. The van der Waals surface area contributed by atoms with E-state index in [1.807, 2.05) is 18.2 Å². The second-order valence-electron chi connectivity index (χ2n) is 4.82. The lowest BCUT2D eigenvalue weighted by Crippen LogP contribution is -2.44. The third kappa shape index (κ3) is 3.45. The van der Waals surface area contributed by atoms with Crippen molar-refractivity contribution in [2.75, 3.05) is 33.4 Å². The summed E-state index contributed by atoms with van der Waals surface area (Å²) in [6.07, 6.45) is 0.302. The Morgan fingerprint density at radius 3 is 3.11 bits per heavy atom. The fraction of sp³-hybridized carbons (Fsp3) is 0.571. The number of nitrogens with zero attached hydrogens (tertiary/aromatic N) is 1. The number of rotatable bonds is 4. The average Bonchev–Trinajstić information content (AvgIpc) is 2.39. The number of hydrogen-bond acceptors (Lipinski definition) is 4. The van der Waals surface area contributed by atoms with Crippen molar-refractivity contribution >= 4 is 0 Å². The van der Waals surface area contributed by atoms with Crippen molar-refractivity contribution < 1.29 is 9.47 Å². The molecule has 4 heteroatoms. The Morgan fingerprint density at radius 1 is 1.56 bits per heavy atom. The van der Waals surface area contributed by atoms with Crippen molar-refractivity contribution in [1.82, 2.24) is 4.90 Å². The molecule has 0 amide bonds. The molecule has 1 aromatic carbocycles. The fourth-order valence-corrected chi connectivity index (χ4v) is 2.31. The number of ether oxygens (including phenoxy) is 2. The average molecular weight is 250 g/mol. The molecule has 100 valence electrons. The Hall–Kier alpha value is -1.10. The summed E-state index contributed by atoms with van der Waals surface area (Å²) in [7, 11) is 1.67. The minimum absolute atomic E-state index is 0.0189. The molecule has 1 saturated heterocycles. The van der Waals surface area contributed by atoms with Crippen LogP contribution in [-0.4, -0.2) is 44.4 Å². The summed E-state index contributed by atoms with van der Waals surface area (Å²) in [6, 6.07) is 8.00. The summed E-state index contributed by atoms with van der Waals surface area (Å²) in [5, 5.41) is 0. The lowest BCUT2D eigenvalue weighted by molar-refractivity contribution is -0.0199. The van der Waals surface area contributed by atoms with Crippen LogP contribution >= 0.6 is 0 Å². The van der Waals surface area contributed by atoms with E-state index in [2.05, 4.69) is 17.9 Å². The van der Waals surface area contributed by atoms with Crippen LogP contribution in [0, 0.1) is 0 Å². The molecule has 0 bridgehead atoms. The zero-order valence-corrected chi connectivity index (χ0v) is 11.1. The van der Waals surface area contributed by atoms with Gasteiger partial charge in [0.05, 0.1) is 19.8 Å². The minimum Gasteiger partial charge on any atom is -0.497 e. The molecule has 1 aliphatic rings. The quantitative estimate of drug-likeness (QED) is 0.878. The van der Waals surface area contributed by atoms with E-state index in [1.165, 1.54) is 0 Å². The summed E-state index contributed by atoms with van der Waals surface area (Å²) >= 11 is 0. The van der Waals surface area contributed by atoms with E-state index in [-0.39, 0.29) is 6.04 Å². The van der Waals surface area contributed by atoms with Crippen molar-refractivity contribution in [2.45, 2.75) is 19.1 Å². The van der Waals surface area contributed by atoms with Crippen LogP contribution in [0.25, 0.3) is 0 Å². The first-order valence-corrected chi connectivity index (χ1v) is 6.42. The molecule has 2 atom stereocenters. The molecule has 2 unspecified atom stereocenters. The monoisotopic (exact) mass is 250 g/mol. The van der Waals surface area contributed by atoms with E-state index in [1.54, 1.807) is 7.11 Å². The summed E-state index contributed by atoms with van der Waals surface area (Å²) in [6.45, 7) is 5.68. The lowest BCUT2D eigenvalue weighted by atomic mass is 10.1. The maximum absolute atomic E-state index is 6.26. The largest absolute Gasteiger partial charge is 0.497 e. The van der Waals surface area contributed by atoms with Gasteiger partial charge >= 0.3 is 0 Å². The minimum atomic E-state index is 0.0189. The molecule has 4 nitrogen and oxygen atoms in total. The highest BCUT2D eigenvalue weighted by Crippen LogP contribution is 2.19. The van der Waals surface area contributed by atoms with Crippen molar-refractivity contribution in [3.63, 3.8) is 0 Å². The Morgan fingerprint density at radius 2 is 2.39 bits per heavy atom. The van der Waals surface area contributed by atoms with Crippen LogP contribution in [0.2, 0.25) is 0 Å². The maximum atomic E-state index is 6.26. The molecule has 0 aromatic heterocycles. The fourth-order valence-electron chi connectivity index (χ4n) is 2.31. The molecule has 0 radical (unpaired) electrons. The van der Waals surface area contributed by atoms with E-state index in [4.69, 9.17) is 15.2 Å². The molecule has 0 aliphatic carbocycles. The number of benzene rings is 1. The topological polar surface area (TPSA) is 47.7 Å². The van der Waals surface area contributed by atoms with E-state index in [0.717, 1.165) is 37.6 Å². The van der Waals surface area contributed by atoms with E-state index in [0.29, 0.717) is 6.10 Å². The first-order valence-electron chi connectivity index (χ1n) is 6.42. The first kappa shape index (κ1) is 13.3. The van der Waals surface area contributed by atoms with Gasteiger partial charge in [-0.05, 0) is 24.6 Å². The van der Waals surface area contributed by atoms with Gasteiger partial charge in [0.2, 0.25) is 0 Å². The normalized spacial score (nSPS) is 22.7. The Bertz CT molecular complexity index is 384. The molecule has 1 aliphatic heterocycles. The van der Waals surface area contributed by atoms with Crippen LogP contribution in [0.15, 0.2) is 24.3 Å². The van der Waals surface area contributed by atoms with E-state index < -0.39 is 0 Å². The molecule has 1 aromatic rings. The van der Waals surface area contributed by atoms with Crippen molar-refractivity contribution in [3.05, 3.63) is 29.8 Å². The smallest absolute Gasteiger partial charge is 0.119 e. The van der Waals surface area contributed by atoms with Crippen molar-refractivity contribution in [1.29, 1.82) is 0 Å². The van der Waals surface area contributed by atoms with Crippen LogP contribution in [0.5, 0.6) is 5.75 Å². The summed E-state index contributed by atoms with van der Waals surface area (Å²) in [4.78, 5) is 2.36. The molecular weight excluding hydrogens is 228 g/mol. The molecule has 18 heavy (non-hydrogen) atoms. The van der Waals surface area contributed by atoms with Gasteiger partial charge in [-0.3, -0.25) is 4.90 Å². The molecular formula is C14H22N2O2. The molecule has 2 N–H and O–H groups in total. The van der Waals surface area contributed by atoms with Gasteiger partial charge < -0.3 is 15.2 Å². The van der Waals surface area contributed by atoms with E-state index in [9.17, 15) is 0 Å². The lowest BCUT2D eigenvalue weighted by Gasteiger charge is -2.32. The maximum Gasteiger partial charge on any atom is 0.119 e. The van der Waals surface area contributed by atoms with Gasteiger partial charge in [0.1, 0.15) is 5.75 Å². The highest BCUT2D eigenvalue weighted by atomic mass is 16.5. The van der Waals surface area contributed by atoms with Crippen LogP contribution in [-0.2, 0) is 4.74 Å². The number of morpholine rings is 1. The Kier molecular flexibility index (Phi) is 4.58. The number of hydrogen-bond donors (Lipinski definition) is 1. The molecule has 0 saturated carbocycles. The standard InChI is InChI=1S/C14H22N2O2/c1-11-9-16(6-7-18-11)10-14(15)12-4-3-5-13(8-12)17-2/h3-5,8,11,14H,6-7,9-10,15H2,1-2H3. The predicted octanol–water partition coefficient (Wildman–Crippen LogP) is 1.42. The third-order valence-electron chi connectivity index (χ3n) is 3.30. The van der Waals surface area contributed by atoms with Crippen LogP contribution in [0.3, 0.4) is 0 Å². The third-order valence-corrected chi connectivity index (χ3v) is 3.30. The van der Waals surface area contributed by atoms with Gasteiger partial charge in [0.25, 0.3) is 0 Å². The predicted molar refractivity (Wildman–Crippen MR) is 71.8 cm³/mol. The molecule has 1 heterocycles. The van der Waals surface area contributed by atoms with Crippen molar-refractivity contribution in [2.24, 2.45) is 5.73 Å². The van der Waals surface area contributed by atoms with Gasteiger partial charge in [-0.15, -0.1) is 0 Å². The van der Waals surface area contributed by atoms with Gasteiger partial charge in [-0.25, -0.2) is 0 Å². The van der Waals surface area contributed by atoms with Crippen molar-refractivity contribution in [3.8, 4) is 5.75 Å². The molecule has 0 spiro atoms. The SMILES string of the molecule is COc1cccc(C(N)CN2CCOC(C)C2)c1. The second-order valence-corrected chi connectivity index (χ2v) is 4.82. The summed E-state index contributed by atoms with van der Waals surface area (Å²) in [5.74, 6) is 0.860. The zero-order chi connectivity index (χ0) is 13.0. The molecule has 1 fully saturated rings. The second kappa shape index (κ2) is 6.18. The van der Waals surface area contributed by atoms with Gasteiger partial charge in [-0.2, -0.15) is 0 Å². The van der Waals surface area contributed by atoms with Crippen LogP contribution in [0.4, 0.5) is 0 Å². The zero-order valence-electron chi connectivity index (χ0n) is 11.1. The van der Waals surface area contributed by atoms with Gasteiger partial charge in [0, 0.05) is 25.7 Å². The Labute approximate surface area is 109 Å². The Balaban J connectivity index is 1.95. The van der Waals surface area contributed by atoms with Crippen LogP contribution < -0.4 is 10.5 Å². The van der Waals surface area contributed by atoms with Gasteiger partial charge in [-0.1, -0.05) is 12.1 Å². The number of methoxy groups -OCH3 is 1. The first-order chi connectivity index (χ1) is 8.69. The van der Waals surface area contributed by atoms with Gasteiger partial charge in [0.15, 0.2) is 0 Å². The summed E-state index contributed by atoms with van der Waals surface area (Å²) < 4.78 is 10.8. The van der Waals surface area contributed by atoms with Crippen LogP contribution in [0.1, 0.15) is 18.5 Å². The highest BCUT2D eigenvalue weighted by Gasteiger charge is 2.19.